The van der Waals surface area contributed by atoms with Crippen LogP contribution in [0.4, 0.5) is 0 Å². The van der Waals surface area contributed by atoms with Crippen molar-refractivity contribution >= 4 is 47.7 Å². The summed E-state index contributed by atoms with van der Waals surface area (Å²) in [6, 6.07) is 35.0. The van der Waals surface area contributed by atoms with Crippen LogP contribution >= 0.6 is 17.0 Å². The van der Waals surface area contributed by atoms with E-state index in [1.54, 1.807) is 0 Å². The first-order chi connectivity index (χ1) is 21.2. The molecular formula is C40H44Cl2SiZr. The normalized spacial score (nSPS) is 11.5. The van der Waals surface area contributed by atoms with E-state index in [9.17, 15) is 0 Å². The number of hydrogen-bond donors (Lipinski definition) is 0. The van der Waals surface area contributed by atoms with E-state index >= 15 is 0 Å². The third-order valence-corrected chi connectivity index (χ3v) is 9.50. The topological polar surface area (TPSA) is 0 Å². The second kappa shape index (κ2) is 16.6. The zero-order valence-electron chi connectivity index (χ0n) is 27.2. The molecule has 0 bridgehead atoms. The minimum atomic E-state index is -0.826. The Balaban J connectivity index is 0.000000226. The fourth-order valence-corrected chi connectivity index (χ4v) is 7.32. The van der Waals surface area contributed by atoms with Crippen LogP contribution in [0.15, 0.2) is 84.9 Å². The molecule has 0 atom stereocenters. The largest absolute Gasteiger partial charge is 0.184 e. The van der Waals surface area contributed by atoms with Gasteiger partial charge in [-0.3, -0.25) is 0 Å². The molecule has 226 valence electrons. The van der Waals surface area contributed by atoms with Crippen molar-refractivity contribution < 1.29 is 20.8 Å². The van der Waals surface area contributed by atoms with Gasteiger partial charge >= 0.3 is 37.9 Å². The smallest absolute Gasteiger partial charge is 0.0920 e. The Morgan fingerprint density at radius 1 is 0.818 bits per heavy atom. The van der Waals surface area contributed by atoms with Crippen molar-refractivity contribution in [2.75, 3.05) is 0 Å². The van der Waals surface area contributed by atoms with E-state index in [2.05, 4.69) is 133 Å². The van der Waals surface area contributed by atoms with Crippen molar-refractivity contribution in [3.8, 4) is 22.3 Å². The van der Waals surface area contributed by atoms with E-state index < -0.39 is 20.8 Å². The Morgan fingerprint density at radius 2 is 1.48 bits per heavy atom. The Morgan fingerprint density at radius 3 is 2.11 bits per heavy atom. The number of halogens is 2. The molecule has 0 N–H and O–H groups in total. The SMILES string of the molecule is CCCc1ccc2[cH-]c(CC(C)C)cc2c1-c1cc(C(C)C)cc(C(C)C)c1.[Cl][Zr+2][Cl].[c-]1cccc2c1[Si]c1ccccc1-2. The molecule has 5 aromatic carbocycles. The monoisotopic (exact) mass is 712 g/mol. The van der Waals surface area contributed by atoms with Crippen molar-refractivity contribution in [2.45, 2.75) is 79.6 Å². The standard InChI is InChI=1S/C28H37.C12H7Si.2ClH.Zr/c1-8-9-22-10-11-23-13-21(12-18(2)3)14-27(23)28(22)26-16-24(19(4)5)15-25(17-26)20(6)7;1-3-7-11-9(5-1)10-6-2-4-8-12(10)13-11;;;/h10-11,13-20H,8-9,12H2,1-7H3;1-7H;2*1H;/q2*-1;;;+4/p-2. The summed E-state index contributed by atoms with van der Waals surface area (Å²) in [5.74, 6) is 1.78. The molecule has 0 aromatic heterocycles. The first-order valence-corrected chi connectivity index (χ1v) is 23.2. The van der Waals surface area contributed by atoms with Crippen LogP contribution in [-0.2, 0) is 33.7 Å². The molecule has 0 saturated carbocycles. The number of aryl methyl sites for hydroxylation is 1. The van der Waals surface area contributed by atoms with Crippen LogP contribution in [0.3, 0.4) is 0 Å². The second-order valence-electron chi connectivity index (χ2n) is 12.7. The third-order valence-electron chi connectivity index (χ3n) is 8.13. The van der Waals surface area contributed by atoms with Gasteiger partial charge in [0.25, 0.3) is 0 Å². The van der Waals surface area contributed by atoms with Gasteiger partial charge in [-0.25, -0.2) is 0 Å². The molecule has 1 aliphatic rings. The van der Waals surface area contributed by atoms with Gasteiger partial charge in [0.05, 0.1) is 9.52 Å². The first kappa shape index (κ1) is 35.0. The van der Waals surface area contributed by atoms with Crippen LogP contribution in [0.25, 0.3) is 33.0 Å². The summed E-state index contributed by atoms with van der Waals surface area (Å²) in [7, 11) is 10.7. The summed E-state index contributed by atoms with van der Waals surface area (Å²) >= 11 is -0.826. The van der Waals surface area contributed by atoms with Gasteiger partial charge in [0, 0.05) is 0 Å². The average Bonchev–Trinajstić information content (AvgIpc) is 3.58. The maximum absolute atomic E-state index is 4.93. The van der Waals surface area contributed by atoms with E-state index in [-0.39, 0.29) is 0 Å². The Kier molecular flexibility index (Phi) is 13.3. The van der Waals surface area contributed by atoms with Crippen LogP contribution in [0.1, 0.15) is 89.0 Å². The van der Waals surface area contributed by atoms with Crippen molar-refractivity contribution in [1.82, 2.24) is 0 Å². The van der Waals surface area contributed by atoms with Crippen molar-refractivity contribution in [2.24, 2.45) is 5.92 Å². The Labute approximate surface area is 287 Å². The second-order valence-corrected chi connectivity index (χ2v) is 17.7. The fourth-order valence-electron chi connectivity index (χ4n) is 6.01. The van der Waals surface area contributed by atoms with Gasteiger partial charge in [-0.15, -0.1) is 40.1 Å². The van der Waals surface area contributed by atoms with Gasteiger partial charge in [-0.05, 0) is 47.3 Å². The third kappa shape index (κ3) is 8.70. The summed E-state index contributed by atoms with van der Waals surface area (Å²) in [5.41, 5.74) is 11.5. The fraction of sp³-hybridized carbons (Fsp3) is 0.325. The first-order valence-electron chi connectivity index (χ1n) is 15.9. The number of rotatable bonds is 7. The van der Waals surface area contributed by atoms with Gasteiger partial charge in [0.2, 0.25) is 0 Å². The molecule has 0 amide bonds. The zero-order valence-corrected chi connectivity index (χ0v) is 32.2. The van der Waals surface area contributed by atoms with Crippen LogP contribution < -0.4 is 10.4 Å². The van der Waals surface area contributed by atoms with Gasteiger partial charge < -0.3 is 0 Å². The van der Waals surface area contributed by atoms with E-state index in [1.165, 1.54) is 72.1 Å². The molecule has 6 rings (SSSR count). The van der Waals surface area contributed by atoms with Crippen molar-refractivity contribution in [3.05, 3.63) is 113 Å². The Hall–Kier alpha value is -1.83. The van der Waals surface area contributed by atoms with Gasteiger partial charge in [0.1, 0.15) is 0 Å². The summed E-state index contributed by atoms with van der Waals surface area (Å²) in [4.78, 5) is 0. The molecule has 2 radical (unpaired) electrons. The molecule has 0 unspecified atom stereocenters. The van der Waals surface area contributed by atoms with Gasteiger partial charge in [-0.2, -0.15) is 35.5 Å². The maximum Gasteiger partial charge on any atom is 0.0920 e. The number of fused-ring (bicyclic) bond motifs is 4. The molecule has 44 heavy (non-hydrogen) atoms. The molecular weight excluding hydrogens is 671 g/mol. The summed E-state index contributed by atoms with van der Waals surface area (Å²) in [5, 5.41) is 5.66. The molecule has 5 aromatic rings. The summed E-state index contributed by atoms with van der Waals surface area (Å²) in [6.07, 6.45) is 3.47. The predicted octanol–water partition coefficient (Wildman–Crippen LogP) is 11.1. The average molecular weight is 715 g/mol. The van der Waals surface area contributed by atoms with E-state index in [4.69, 9.17) is 17.0 Å². The van der Waals surface area contributed by atoms with E-state index in [1.807, 2.05) is 6.07 Å². The van der Waals surface area contributed by atoms with Crippen LogP contribution in [0, 0.1) is 12.0 Å². The predicted molar refractivity (Wildman–Crippen MR) is 193 cm³/mol. The molecule has 4 heteroatoms. The molecule has 0 saturated heterocycles. The van der Waals surface area contributed by atoms with Gasteiger partial charge in [0.15, 0.2) is 0 Å². The summed E-state index contributed by atoms with van der Waals surface area (Å²) < 4.78 is 0. The molecule has 0 aliphatic carbocycles. The van der Waals surface area contributed by atoms with Crippen LogP contribution in [0.2, 0.25) is 0 Å². The Bertz CT molecular complexity index is 1590. The van der Waals surface area contributed by atoms with E-state index in [0.29, 0.717) is 17.8 Å². The van der Waals surface area contributed by atoms with Crippen LogP contribution in [0.5, 0.6) is 0 Å². The van der Waals surface area contributed by atoms with Crippen molar-refractivity contribution in [1.29, 1.82) is 0 Å². The minimum Gasteiger partial charge on any atom is -0.184 e. The maximum atomic E-state index is 4.93. The quantitative estimate of drug-likeness (QED) is 0.114. The molecule has 1 aliphatic heterocycles. The van der Waals surface area contributed by atoms with Crippen LogP contribution in [-0.4, -0.2) is 9.52 Å². The molecule has 0 fully saturated rings. The van der Waals surface area contributed by atoms with E-state index in [0.717, 1.165) is 22.4 Å². The summed E-state index contributed by atoms with van der Waals surface area (Å²) in [6.45, 7) is 16.1. The molecule has 1 heterocycles. The minimum absolute atomic E-state index is 0.544. The number of benzene rings is 4. The molecule has 0 spiro atoms. The van der Waals surface area contributed by atoms with Crippen molar-refractivity contribution in [3.63, 3.8) is 0 Å². The molecule has 0 nitrogen and oxygen atoms in total. The zero-order chi connectivity index (χ0) is 31.8. The van der Waals surface area contributed by atoms with Gasteiger partial charge in [-0.1, -0.05) is 119 Å². The number of hydrogen-bond acceptors (Lipinski definition) is 0.